The van der Waals surface area contributed by atoms with Gasteiger partial charge in [0.1, 0.15) is 10.8 Å². The summed E-state index contributed by atoms with van der Waals surface area (Å²) in [7, 11) is -3.63. The van der Waals surface area contributed by atoms with Crippen molar-refractivity contribution in [3.8, 4) is 0 Å². The standard InChI is InChI=1S/C14H14N2O6S2/c17-13(7-8-15-24(20,21)14-6-3-9-23-14)22-10-11-4-1-2-5-12(11)16(18)19/h1-6,9,15H,7-8,10H2. The monoisotopic (exact) mass is 370 g/mol. The van der Waals surface area contributed by atoms with Crippen molar-refractivity contribution in [3.05, 3.63) is 57.5 Å². The van der Waals surface area contributed by atoms with Crippen molar-refractivity contribution in [1.29, 1.82) is 0 Å². The summed E-state index contributed by atoms with van der Waals surface area (Å²) in [5.74, 6) is -0.651. The van der Waals surface area contributed by atoms with Crippen molar-refractivity contribution in [3.63, 3.8) is 0 Å². The summed E-state index contributed by atoms with van der Waals surface area (Å²) in [6.07, 6.45) is -0.175. The number of nitro benzene ring substituents is 1. The molecule has 0 aliphatic carbocycles. The second-order valence-electron chi connectivity index (χ2n) is 4.63. The minimum atomic E-state index is -3.63. The molecule has 0 saturated carbocycles. The number of sulfonamides is 1. The first-order valence-corrected chi connectivity index (χ1v) is 9.17. The summed E-state index contributed by atoms with van der Waals surface area (Å²) in [6, 6.07) is 9.00. The molecule has 0 aliphatic rings. The van der Waals surface area contributed by atoms with Gasteiger partial charge in [0.2, 0.25) is 10.0 Å². The summed E-state index contributed by atoms with van der Waals surface area (Å²) in [5, 5.41) is 12.5. The first kappa shape index (κ1) is 18.0. The van der Waals surface area contributed by atoms with Gasteiger partial charge in [-0.25, -0.2) is 13.1 Å². The minimum Gasteiger partial charge on any atom is -0.460 e. The van der Waals surface area contributed by atoms with Crippen molar-refractivity contribution in [2.24, 2.45) is 0 Å². The van der Waals surface area contributed by atoms with Crippen LogP contribution in [-0.4, -0.2) is 25.9 Å². The van der Waals surface area contributed by atoms with Crippen LogP contribution in [0.1, 0.15) is 12.0 Å². The van der Waals surface area contributed by atoms with Gasteiger partial charge < -0.3 is 4.74 Å². The van der Waals surface area contributed by atoms with Crippen LogP contribution in [0.2, 0.25) is 0 Å². The molecule has 1 aromatic carbocycles. The van der Waals surface area contributed by atoms with Gasteiger partial charge in [0.15, 0.2) is 0 Å². The molecule has 10 heteroatoms. The number of carbonyl (C=O) groups excluding carboxylic acids is 1. The van der Waals surface area contributed by atoms with Gasteiger partial charge in [0.25, 0.3) is 5.69 Å². The third-order valence-corrected chi connectivity index (χ3v) is 5.82. The van der Waals surface area contributed by atoms with Crippen molar-refractivity contribution >= 4 is 33.0 Å². The van der Waals surface area contributed by atoms with Crippen LogP contribution in [0.5, 0.6) is 0 Å². The quantitative estimate of drug-likeness (QED) is 0.432. The number of carbonyl (C=O) groups is 1. The number of thiophene rings is 1. The fourth-order valence-corrected chi connectivity index (χ4v) is 3.89. The van der Waals surface area contributed by atoms with Crippen molar-refractivity contribution < 1.29 is 22.9 Å². The molecule has 0 fully saturated rings. The van der Waals surface area contributed by atoms with Gasteiger partial charge in [0.05, 0.1) is 16.9 Å². The Balaban J connectivity index is 1.81. The Morgan fingerprint density at radius 1 is 1.25 bits per heavy atom. The fraction of sp³-hybridized carbons (Fsp3) is 0.214. The van der Waals surface area contributed by atoms with Crippen molar-refractivity contribution in [1.82, 2.24) is 4.72 Å². The van der Waals surface area contributed by atoms with E-state index in [0.29, 0.717) is 0 Å². The van der Waals surface area contributed by atoms with E-state index in [1.807, 2.05) is 0 Å². The largest absolute Gasteiger partial charge is 0.460 e. The van der Waals surface area contributed by atoms with E-state index in [2.05, 4.69) is 4.72 Å². The molecule has 0 bridgehead atoms. The molecule has 0 amide bonds. The average molecular weight is 370 g/mol. The number of para-hydroxylation sites is 1. The fourth-order valence-electron chi connectivity index (χ4n) is 1.82. The Kier molecular flexibility index (Phi) is 6.01. The first-order chi connectivity index (χ1) is 11.4. The Hall–Kier alpha value is -2.30. The van der Waals surface area contributed by atoms with Gasteiger partial charge in [-0.15, -0.1) is 11.3 Å². The maximum Gasteiger partial charge on any atom is 0.307 e. The lowest BCUT2D eigenvalue weighted by molar-refractivity contribution is -0.385. The van der Waals surface area contributed by atoms with Crippen LogP contribution in [0.15, 0.2) is 46.0 Å². The Morgan fingerprint density at radius 3 is 2.67 bits per heavy atom. The lowest BCUT2D eigenvalue weighted by atomic mass is 10.2. The van der Waals surface area contributed by atoms with Crippen LogP contribution in [0.3, 0.4) is 0 Å². The van der Waals surface area contributed by atoms with Crippen LogP contribution in [0.25, 0.3) is 0 Å². The summed E-state index contributed by atoms with van der Waals surface area (Å²) in [6.45, 7) is -0.358. The highest BCUT2D eigenvalue weighted by Crippen LogP contribution is 2.18. The highest BCUT2D eigenvalue weighted by atomic mass is 32.2. The molecule has 1 heterocycles. The van der Waals surface area contributed by atoms with E-state index in [-0.39, 0.29) is 35.0 Å². The van der Waals surface area contributed by atoms with E-state index in [1.165, 1.54) is 24.3 Å². The predicted octanol–water partition coefficient (Wildman–Crippen LogP) is 2.07. The number of nitrogens with one attached hydrogen (secondary N) is 1. The van der Waals surface area contributed by atoms with Crippen molar-refractivity contribution in [2.45, 2.75) is 17.2 Å². The van der Waals surface area contributed by atoms with E-state index in [4.69, 9.17) is 4.74 Å². The van der Waals surface area contributed by atoms with Gasteiger partial charge >= 0.3 is 5.97 Å². The van der Waals surface area contributed by atoms with E-state index in [9.17, 15) is 23.3 Å². The van der Waals surface area contributed by atoms with E-state index >= 15 is 0 Å². The lowest BCUT2D eigenvalue weighted by Crippen LogP contribution is -2.26. The van der Waals surface area contributed by atoms with E-state index < -0.39 is 20.9 Å². The maximum absolute atomic E-state index is 11.8. The summed E-state index contributed by atoms with van der Waals surface area (Å²) < 4.78 is 31.1. The molecule has 8 nitrogen and oxygen atoms in total. The second-order valence-corrected chi connectivity index (χ2v) is 7.57. The number of hydrogen-bond acceptors (Lipinski definition) is 7. The van der Waals surface area contributed by atoms with Crippen molar-refractivity contribution in [2.75, 3.05) is 6.54 Å². The Morgan fingerprint density at radius 2 is 2.00 bits per heavy atom. The number of esters is 1. The third kappa shape index (κ3) is 4.85. The van der Waals surface area contributed by atoms with Crippen LogP contribution in [0, 0.1) is 10.1 Å². The number of nitrogens with zero attached hydrogens (tertiary/aromatic N) is 1. The first-order valence-electron chi connectivity index (χ1n) is 6.81. The van der Waals surface area contributed by atoms with Crippen LogP contribution in [-0.2, 0) is 26.2 Å². The number of hydrogen-bond donors (Lipinski definition) is 1. The molecular weight excluding hydrogens is 356 g/mol. The predicted molar refractivity (Wildman–Crippen MR) is 87.0 cm³/mol. The molecule has 0 atom stereocenters. The topological polar surface area (TPSA) is 116 Å². The van der Waals surface area contributed by atoms with E-state index in [1.54, 1.807) is 17.5 Å². The third-order valence-electron chi connectivity index (χ3n) is 2.96. The molecule has 24 heavy (non-hydrogen) atoms. The molecule has 2 aromatic rings. The molecule has 128 valence electrons. The van der Waals surface area contributed by atoms with E-state index in [0.717, 1.165) is 11.3 Å². The van der Waals surface area contributed by atoms with Gasteiger partial charge in [-0.3, -0.25) is 14.9 Å². The summed E-state index contributed by atoms with van der Waals surface area (Å²) >= 11 is 1.07. The van der Waals surface area contributed by atoms with Gasteiger partial charge in [0, 0.05) is 12.6 Å². The zero-order chi connectivity index (χ0) is 17.6. The number of rotatable bonds is 8. The molecule has 1 N–H and O–H groups in total. The van der Waals surface area contributed by atoms with Crippen LogP contribution in [0.4, 0.5) is 5.69 Å². The number of nitro groups is 1. The molecule has 1 aromatic heterocycles. The zero-order valence-corrected chi connectivity index (χ0v) is 14.0. The second kappa shape index (κ2) is 7.99. The van der Waals surface area contributed by atoms with Crippen LogP contribution >= 0.6 is 11.3 Å². The number of ether oxygens (including phenoxy) is 1. The summed E-state index contributed by atoms with van der Waals surface area (Å²) in [5.41, 5.74) is 0.138. The van der Waals surface area contributed by atoms with Crippen LogP contribution < -0.4 is 4.72 Å². The average Bonchev–Trinajstić information content (AvgIpc) is 3.08. The van der Waals surface area contributed by atoms with Gasteiger partial charge in [-0.2, -0.15) is 0 Å². The number of benzene rings is 1. The maximum atomic E-state index is 11.8. The molecule has 0 spiro atoms. The summed E-state index contributed by atoms with van der Waals surface area (Å²) in [4.78, 5) is 21.9. The zero-order valence-electron chi connectivity index (χ0n) is 12.4. The van der Waals surface area contributed by atoms with Gasteiger partial charge in [-0.05, 0) is 17.5 Å². The molecular formula is C14H14N2O6S2. The van der Waals surface area contributed by atoms with Gasteiger partial charge in [-0.1, -0.05) is 18.2 Å². The normalized spacial score (nSPS) is 11.2. The molecule has 0 aliphatic heterocycles. The molecule has 0 radical (unpaired) electrons. The molecule has 0 unspecified atom stereocenters. The highest BCUT2D eigenvalue weighted by molar-refractivity contribution is 7.91. The molecule has 0 saturated heterocycles. The smallest absolute Gasteiger partial charge is 0.307 e. The Labute approximate surface area is 142 Å². The Bertz CT molecular complexity index is 818. The highest BCUT2D eigenvalue weighted by Gasteiger charge is 2.16. The SMILES string of the molecule is O=C(CCNS(=O)(=O)c1cccs1)OCc1ccccc1[N+](=O)[O-]. The molecule has 2 rings (SSSR count). The lowest BCUT2D eigenvalue weighted by Gasteiger charge is -2.06. The minimum absolute atomic E-state index is 0.115.